The third kappa shape index (κ3) is 6.42. The number of nitrogens with zero attached hydrogens (tertiary/aromatic N) is 3. The lowest BCUT2D eigenvalue weighted by molar-refractivity contribution is -0.384. The molecule has 2 rings (SSSR count). The molecule has 9 nitrogen and oxygen atoms in total. The first kappa shape index (κ1) is 18.7. The van der Waals surface area contributed by atoms with Crippen LogP contribution in [0.4, 0.5) is 10.5 Å². The number of amides is 1. The Morgan fingerprint density at radius 2 is 2.16 bits per heavy atom. The number of nitro groups is 1. The molecular formula is C15H18N4O5S. The maximum absolute atomic E-state index is 11.6. The normalized spacial score (nSPS) is 11.2. The molecule has 0 aliphatic carbocycles. The van der Waals surface area contributed by atoms with Gasteiger partial charge in [-0.3, -0.25) is 10.1 Å². The number of ether oxygens (including phenoxy) is 1. The zero-order chi connectivity index (χ0) is 18.4. The van der Waals surface area contributed by atoms with Crippen LogP contribution >= 0.6 is 11.8 Å². The highest BCUT2D eigenvalue weighted by Gasteiger charge is 2.17. The fourth-order valence-electron chi connectivity index (χ4n) is 1.73. The summed E-state index contributed by atoms with van der Waals surface area (Å²) in [7, 11) is 0. The molecule has 0 fully saturated rings. The second-order valence-corrected chi connectivity index (χ2v) is 6.96. The van der Waals surface area contributed by atoms with Crippen molar-refractivity contribution in [3.05, 3.63) is 45.8 Å². The minimum absolute atomic E-state index is 0.0332. The fraction of sp³-hybridized carbons (Fsp3) is 0.400. The topological polar surface area (TPSA) is 120 Å². The minimum atomic E-state index is -0.585. The van der Waals surface area contributed by atoms with Crippen LogP contribution in [0.1, 0.15) is 32.2 Å². The SMILES string of the molecule is CC(C)(C)OC(=O)NCc1nnc(SCc2cccc([N+](=O)[O-])c2)o1. The Labute approximate surface area is 148 Å². The summed E-state index contributed by atoms with van der Waals surface area (Å²) in [6.45, 7) is 5.35. The molecule has 134 valence electrons. The van der Waals surface area contributed by atoms with E-state index in [1.54, 1.807) is 32.9 Å². The third-order valence-corrected chi connectivity index (χ3v) is 3.60. The zero-order valence-electron chi connectivity index (χ0n) is 14.0. The van der Waals surface area contributed by atoms with Crippen molar-refractivity contribution in [2.24, 2.45) is 0 Å². The monoisotopic (exact) mass is 366 g/mol. The highest BCUT2D eigenvalue weighted by atomic mass is 32.2. The summed E-state index contributed by atoms with van der Waals surface area (Å²) >= 11 is 1.25. The van der Waals surface area contributed by atoms with Gasteiger partial charge in [-0.05, 0) is 26.3 Å². The van der Waals surface area contributed by atoms with Crippen molar-refractivity contribution in [2.45, 2.75) is 43.9 Å². The number of rotatable bonds is 6. The quantitative estimate of drug-likeness (QED) is 0.470. The van der Waals surface area contributed by atoms with Gasteiger partial charge >= 0.3 is 6.09 Å². The first-order valence-corrected chi connectivity index (χ1v) is 8.37. The molecule has 0 saturated heterocycles. The van der Waals surface area contributed by atoms with Gasteiger partial charge in [-0.1, -0.05) is 23.9 Å². The van der Waals surface area contributed by atoms with Gasteiger partial charge < -0.3 is 14.5 Å². The van der Waals surface area contributed by atoms with Crippen molar-refractivity contribution < 1.29 is 18.9 Å². The first-order chi connectivity index (χ1) is 11.7. The van der Waals surface area contributed by atoms with Crippen LogP contribution < -0.4 is 5.32 Å². The smallest absolute Gasteiger partial charge is 0.408 e. The van der Waals surface area contributed by atoms with E-state index in [1.807, 2.05) is 0 Å². The average molecular weight is 366 g/mol. The molecule has 0 bridgehead atoms. The summed E-state index contributed by atoms with van der Waals surface area (Å²) in [5, 5.41) is 21.3. The number of thioether (sulfide) groups is 1. The van der Waals surface area contributed by atoms with Crippen molar-refractivity contribution in [1.29, 1.82) is 0 Å². The largest absolute Gasteiger partial charge is 0.444 e. The zero-order valence-corrected chi connectivity index (χ0v) is 14.8. The third-order valence-electron chi connectivity index (χ3n) is 2.71. The average Bonchev–Trinajstić information content (AvgIpc) is 2.97. The van der Waals surface area contributed by atoms with Crippen molar-refractivity contribution in [2.75, 3.05) is 0 Å². The van der Waals surface area contributed by atoms with Crippen LogP contribution in [-0.4, -0.2) is 26.8 Å². The van der Waals surface area contributed by atoms with Crippen molar-refractivity contribution in [1.82, 2.24) is 15.5 Å². The highest BCUT2D eigenvalue weighted by Crippen LogP contribution is 2.23. The van der Waals surface area contributed by atoms with Crippen LogP contribution in [0.25, 0.3) is 0 Å². The minimum Gasteiger partial charge on any atom is -0.444 e. The van der Waals surface area contributed by atoms with E-state index >= 15 is 0 Å². The molecule has 1 aromatic heterocycles. The van der Waals surface area contributed by atoms with Crippen molar-refractivity contribution in [3.8, 4) is 0 Å². The molecule has 1 heterocycles. The van der Waals surface area contributed by atoms with Gasteiger partial charge in [0.2, 0.25) is 5.89 Å². The number of nitrogens with one attached hydrogen (secondary N) is 1. The number of hydrogen-bond acceptors (Lipinski definition) is 8. The standard InChI is InChI=1S/C15H18N4O5S/c1-15(2,3)24-13(20)16-8-12-17-18-14(23-12)25-9-10-5-4-6-11(7-10)19(21)22/h4-7H,8-9H2,1-3H3,(H,16,20). The van der Waals surface area contributed by atoms with E-state index in [0.29, 0.717) is 11.0 Å². The Balaban J connectivity index is 1.84. The molecule has 25 heavy (non-hydrogen) atoms. The van der Waals surface area contributed by atoms with Crippen LogP contribution in [0.15, 0.2) is 33.9 Å². The van der Waals surface area contributed by atoms with Crippen LogP contribution in [0.5, 0.6) is 0 Å². The van der Waals surface area contributed by atoms with Crippen molar-refractivity contribution in [3.63, 3.8) is 0 Å². The summed E-state index contributed by atoms with van der Waals surface area (Å²) in [5.74, 6) is 0.690. The van der Waals surface area contributed by atoms with Crippen LogP contribution in [-0.2, 0) is 17.0 Å². The van der Waals surface area contributed by atoms with E-state index in [-0.39, 0.29) is 18.1 Å². The molecule has 1 N–H and O–H groups in total. The summed E-state index contributed by atoms with van der Waals surface area (Å²) in [4.78, 5) is 21.9. The van der Waals surface area contributed by atoms with E-state index in [1.165, 1.54) is 23.9 Å². The second-order valence-electron chi connectivity index (χ2n) is 6.03. The molecule has 0 aliphatic heterocycles. The summed E-state index contributed by atoms with van der Waals surface area (Å²) < 4.78 is 10.5. The molecule has 2 aromatic rings. The predicted molar refractivity (Wildman–Crippen MR) is 90.0 cm³/mol. The second kappa shape index (κ2) is 7.97. The van der Waals surface area contributed by atoms with Gasteiger partial charge in [0.25, 0.3) is 10.9 Å². The number of carbonyl (C=O) groups is 1. The van der Waals surface area contributed by atoms with Gasteiger partial charge in [-0.2, -0.15) is 0 Å². The Morgan fingerprint density at radius 1 is 1.40 bits per heavy atom. The molecular weight excluding hydrogens is 348 g/mol. The lowest BCUT2D eigenvalue weighted by Gasteiger charge is -2.19. The lowest BCUT2D eigenvalue weighted by Crippen LogP contribution is -2.32. The number of nitro benzene ring substituents is 1. The van der Waals surface area contributed by atoms with Crippen molar-refractivity contribution >= 4 is 23.5 Å². The first-order valence-electron chi connectivity index (χ1n) is 7.38. The van der Waals surface area contributed by atoms with Gasteiger partial charge in [0.05, 0.1) is 11.5 Å². The predicted octanol–water partition coefficient (Wildman–Crippen LogP) is 3.29. The Bertz CT molecular complexity index is 756. The molecule has 10 heteroatoms. The molecule has 0 atom stereocenters. The molecule has 0 aliphatic rings. The summed E-state index contributed by atoms with van der Waals surface area (Å²) in [6, 6.07) is 6.33. The maximum atomic E-state index is 11.6. The Kier molecular flexibility index (Phi) is 5.97. The molecule has 1 amide bonds. The summed E-state index contributed by atoms with van der Waals surface area (Å²) in [5.41, 5.74) is 0.217. The molecule has 1 aromatic carbocycles. The van der Waals surface area contributed by atoms with Gasteiger partial charge in [0, 0.05) is 17.9 Å². The van der Waals surface area contributed by atoms with Crippen LogP contribution in [0.2, 0.25) is 0 Å². The molecule has 0 radical (unpaired) electrons. The van der Waals surface area contributed by atoms with Gasteiger partial charge in [0.15, 0.2) is 0 Å². The van der Waals surface area contributed by atoms with E-state index in [0.717, 1.165) is 5.56 Å². The molecule has 0 spiro atoms. The Hall–Kier alpha value is -2.62. The number of alkyl carbamates (subject to hydrolysis) is 1. The lowest BCUT2D eigenvalue weighted by atomic mass is 10.2. The number of benzene rings is 1. The van der Waals surface area contributed by atoms with E-state index in [2.05, 4.69) is 15.5 Å². The highest BCUT2D eigenvalue weighted by molar-refractivity contribution is 7.98. The number of hydrogen-bond donors (Lipinski definition) is 1. The van der Waals surface area contributed by atoms with Crippen LogP contribution in [0, 0.1) is 10.1 Å². The van der Waals surface area contributed by atoms with E-state index < -0.39 is 16.6 Å². The van der Waals surface area contributed by atoms with E-state index in [4.69, 9.17) is 9.15 Å². The van der Waals surface area contributed by atoms with Gasteiger partial charge in [-0.25, -0.2) is 4.79 Å². The number of carbonyl (C=O) groups excluding carboxylic acids is 1. The number of non-ortho nitro benzene ring substituents is 1. The molecule has 0 saturated carbocycles. The number of aromatic nitrogens is 2. The molecule has 0 unspecified atom stereocenters. The maximum Gasteiger partial charge on any atom is 0.408 e. The van der Waals surface area contributed by atoms with Gasteiger partial charge in [0.1, 0.15) is 5.60 Å². The Morgan fingerprint density at radius 3 is 2.84 bits per heavy atom. The van der Waals surface area contributed by atoms with E-state index in [9.17, 15) is 14.9 Å². The fourth-order valence-corrected chi connectivity index (χ4v) is 2.46. The summed E-state index contributed by atoms with van der Waals surface area (Å²) in [6.07, 6.45) is -0.573. The van der Waals surface area contributed by atoms with Gasteiger partial charge in [-0.15, -0.1) is 10.2 Å². The van der Waals surface area contributed by atoms with Crippen LogP contribution in [0.3, 0.4) is 0 Å².